The molecule has 0 aromatic heterocycles. The number of thioether (sulfide) groups is 1. The van der Waals surface area contributed by atoms with Gasteiger partial charge in [0, 0.05) is 24.4 Å². The van der Waals surface area contributed by atoms with E-state index < -0.39 is 6.01 Å². The molecule has 3 nitrogen and oxygen atoms in total. The van der Waals surface area contributed by atoms with Gasteiger partial charge in [0.15, 0.2) is 5.12 Å². The van der Waals surface area contributed by atoms with Gasteiger partial charge in [-0.15, -0.1) is 0 Å². The van der Waals surface area contributed by atoms with Crippen LogP contribution < -0.4 is 0 Å². The van der Waals surface area contributed by atoms with E-state index in [-0.39, 0.29) is 22.4 Å². The van der Waals surface area contributed by atoms with Gasteiger partial charge < -0.3 is 4.90 Å². The number of amides is 1. The number of hydrogen-bond acceptors (Lipinski definition) is 3. The van der Waals surface area contributed by atoms with Gasteiger partial charge in [-0.05, 0) is 12.8 Å². The summed E-state index contributed by atoms with van der Waals surface area (Å²) in [6.45, 7) is 6.90. The average molecular weight is 261 g/mol. The molecule has 0 aromatic carbocycles. The summed E-state index contributed by atoms with van der Waals surface area (Å²) in [5.41, 5.74) is -0.371. The van der Waals surface area contributed by atoms with E-state index in [4.69, 9.17) is 0 Å². The molecule has 0 atom stereocenters. The van der Waals surface area contributed by atoms with Gasteiger partial charge in [0.2, 0.25) is 5.91 Å². The number of nitrogens with zero attached hydrogens (tertiary/aromatic N) is 1. The Morgan fingerprint density at radius 1 is 1.29 bits per heavy atom. The molecule has 0 bridgehead atoms. The van der Waals surface area contributed by atoms with Crippen LogP contribution >= 0.6 is 11.8 Å². The molecule has 1 amide bonds. The lowest BCUT2D eigenvalue weighted by molar-refractivity contribution is -0.141. The second-order valence-corrected chi connectivity index (χ2v) is 6.30. The Hall–Kier alpha value is -0.580. The van der Waals surface area contributed by atoms with E-state index in [1.54, 1.807) is 0 Å². The summed E-state index contributed by atoms with van der Waals surface area (Å²) in [7, 11) is 0. The molecule has 1 rings (SSSR count). The van der Waals surface area contributed by atoms with Crippen LogP contribution in [0, 0.1) is 11.3 Å². The van der Waals surface area contributed by atoms with Gasteiger partial charge in [-0.3, -0.25) is 9.59 Å². The Bertz CT molecular complexity index is 293. The van der Waals surface area contributed by atoms with E-state index in [2.05, 4.69) is 0 Å². The van der Waals surface area contributed by atoms with Crippen molar-refractivity contribution in [2.24, 2.45) is 11.3 Å². The van der Waals surface area contributed by atoms with E-state index in [0.29, 0.717) is 25.9 Å². The number of carbonyl (C=O) groups is 2. The summed E-state index contributed by atoms with van der Waals surface area (Å²) in [6, 6.07) is -0.653. The molecule has 1 saturated heterocycles. The normalized spacial score (nSPS) is 18.2. The number of piperidine rings is 1. The molecule has 0 aromatic rings. The quantitative estimate of drug-likeness (QED) is 0.766. The largest absolute Gasteiger partial charge is 0.342 e. The lowest BCUT2D eigenvalue weighted by Gasteiger charge is -2.35. The summed E-state index contributed by atoms with van der Waals surface area (Å²) < 4.78 is 12.0. The van der Waals surface area contributed by atoms with Gasteiger partial charge in [0.25, 0.3) is 0 Å². The van der Waals surface area contributed by atoms with Crippen LogP contribution in [-0.4, -0.2) is 35.0 Å². The lowest BCUT2D eigenvalue weighted by Crippen LogP contribution is -2.44. The fourth-order valence-corrected chi connectivity index (χ4v) is 2.54. The molecule has 0 spiro atoms. The summed E-state index contributed by atoms with van der Waals surface area (Å²) in [6.07, 6.45) is 1.32. The van der Waals surface area contributed by atoms with Crippen LogP contribution in [0.25, 0.3) is 0 Å². The summed E-state index contributed by atoms with van der Waals surface area (Å²) in [4.78, 5) is 25.3. The number of rotatable bonds is 2. The zero-order chi connectivity index (χ0) is 13.1. The summed E-state index contributed by atoms with van der Waals surface area (Å²) in [5.74, 6) is 0.0429. The van der Waals surface area contributed by atoms with Gasteiger partial charge in [-0.25, -0.2) is 4.39 Å². The third kappa shape index (κ3) is 3.98. The van der Waals surface area contributed by atoms with Crippen LogP contribution in [0.2, 0.25) is 0 Å². The number of halogens is 1. The predicted octanol–water partition coefficient (Wildman–Crippen LogP) is 2.46. The van der Waals surface area contributed by atoms with Crippen LogP contribution in [0.1, 0.15) is 33.6 Å². The Kier molecular flexibility index (Phi) is 4.98. The Balaban J connectivity index is 2.46. The van der Waals surface area contributed by atoms with E-state index in [1.165, 1.54) is 0 Å². The van der Waals surface area contributed by atoms with Crippen LogP contribution in [0.5, 0.6) is 0 Å². The van der Waals surface area contributed by atoms with Crippen LogP contribution in [-0.2, 0) is 9.59 Å². The molecule has 1 fully saturated rings. The monoisotopic (exact) mass is 261 g/mol. The maximum Gasteiger partial charge on any atom is 0.227 e. The first-order valence-corrected chi connectivity index (χ1v) is 6.87. The van der Waals surface area contributed by atoms with Crippen LogP contribution in [0.15, 0.2) is 0 Å². The summed E-state index contributed by atoms with van der Waals surface area (Å²) >= 11 is 0.744. The summed E-state index contributed by atoms with van der Waals surface area (Å²) in [5, 5.41) is -0.0737. The maximum absolute atomic E-state index is 12.0. The molecule has 5 heteroatoms. The smallest absolute Gasteiger partial charge is 0.227 e. The molecule has 17 heavy (non-hydrogen) atoms. The first kappa shape index (κ1) is 14.5. The zero-order valence-corrected chi connectivity index (χ0v) is 11.5. The van der Waals surface area contributed by atoms with Crippen molar-refractivity contribution in [1.82, 2.24) is 4.90 Å². The lowest BCUT2D eigenvalue weighted by atomic mass is 9.91. The Morgan fingerprint density at radius 2 is 1.82 bits per heavy atom. The minimum Gasteiger partial charge on any atom is -0.342 e. The fraction of sp³-hybridized carbons (Fsp3) is 0.833. The standard InChI is InChI=1S/C12H20FNO2S/c1-12(2,3)11(16)14-6-4-9(5-7-14)10(15)17-8-13/h9H,4-8H2,1-3H3. The molecule has 0 aliphatic carbocycles. The van der Waals surface area contributed by atoms with Gasteiger partial charge in [0.05, 0.1) is 0 Å². The molecule has 1 aliphatic rings. The van der Waals surface area contributed by atoms with Crippen molar-refractivity contribution in [3.63, 3.8) is 0 Å². The molecule has 0 radical (unpaired) electrons. The van der Waals surface area contributed by atoms with Crippen molar-refractivity contribution in [3.05, 3.63) is 0 Å². The molecule has 1 aliphatic heterocycles. The van der Waals surface area contributed by atoms with E-state index in [9.17, 15) is 14.0 Å². The van der Waals surface area contributed by atoms with E-state index >= 15 is 0 Å². The molecule has 1 heterocycles. The highest BCUT2D eigenvalue weighted by Crippen LogP contribution is 2.26. The molecular formula is C12H20FNO2S. The second-order valence-electron chi connectivity index (χ2n) is 5.39. The number of likely N-dealkylation sites (tertiary alicyclic amines) is 1. The van der Waals surface area contributed by atoms with Gasteiger partial charge in [0.1, 0.15) is 6.01 Å². The number of alkyl halides is 1. The average Bonchev–Trinajstić information content (AvgIpc) is 2.27. The fourth-order valence-electron chi connectivity index (χ4n) is 1.96. The topological polar surface area (TPSA) is 37.4 Å². The molecule has 0 unspecified atom stereocenters. The van der Waals surface area contributed by atoms with E-state index in [0.717, 1.165) is 11.8 Å². The van der Waals surface area contributed by atoms with Crippen LogP contribution in [0.3, 0.4) is 0 Å². The first-order valence-electron chi connectivity index (χ1n) is 5.88. The maximum atomic E-state index is 12.0. The van der Waals surface area contributed by atoms with Crippen LogP contribution in [0.4, 0.5) is 4.39 Å². The zero-order valence-electron chi connectivity index (χ0n) is 10.7. The van der Waals surface area contributed by atoms with Gasteiger partial charge in [-0.1, -0.05) is 32.5 Å². The highest BCUT2D eigenvalue weighted by molar-refractivity contribution is 8.13. The number of carbonyl (C=O) groups excluding carboxylic acids is 2. The van der Waals surface area contributed by atoms with E-state index in [1.807, 2.05) is 25.7 Å². The predicted molar refractivity (Wildman–Crippen MR) is 67.3 cm³/mol. The molecule has 0 N–H and O–H groups in total. The second kappa shape index (κ2) is 5.85. The Morgan fingerprint density at radius 3 is 2.24 bits per heavy atom. The third-order valence-electron chi connectivity index (χ3n) is 2.95. The SMILES string of the molecule is CC(C)(C)C(=O)N1CCC(C(=O)SCF)CC1. The van der Waals surface area contributed by atoms with Crippen molar-refractivity contribution >= 4 is 22.8 Å². The minimum atomic E-state index is -0.653. The minimum absolute atomic E-state index is 0.0737. The van der Waals surface area contributed by atoms with Gasteiger partial charge in [-0.2, -0.15) is 0 Å². The van der Waals surface area contributed by atoms with Crippen molar-refractivity contribution in [1.29, 1.82) is 0 Å². The van der Waals surface area contributed by atoms with Crippen molar-refractivity contribution in [2.75, 3.05) is 19.1 Å². The van der Waals surface area contributed by atoms with Crippen molar-refractivity contribution in [2.45, 2.75) is 33.6 Å². The highest BCUT2D eigenvalue weighted by atomic mass is 32.2. The molecule has 0 saturated carbocycles. The molecule has 98 valence electrons. The highest BCUT2D eigenvalue weighted by Gasteiger charge is 2.32. The molecular weight excluding hydrogens is 241 g/mol. The van der Waals surface area contributed by atoms with Gasteiger partial charge >= 0.3 is 0 Å². The number of hydrogen-bond donors (Lipinski definition) is 0. The Labute approximate surface area is 106 Å². The van der Waals surface area contributed by atoms with Crippen molar-refractivity contribution in [3.8, 4) is 0 Å². The first-order chi connectivity index (χ1) is 7.86. The third-order valence-corrected chi connectivity index (χ3v) is 3.68. The van der Waals surface area contributed by atoms with Crippen molar-refractivity contribution < 1.29 is 14.0 Å².